The zero-order valence-corrected chi connectivity index (χ0v) is 17.2. The normalized spacial score (nSPS) is 14.3. The minimum atomic E-state index is -2.54. The Bertz CT molecular complexity index is 922. The molecule has 0 radical (unpaired) electrons. The smallest absolute Gasteiger partial charge is 0.272 e. The number of aryl methyl sites for hydroxylation is 2. The lowest BCUT2D eigenvalue weighted by Gasteiger charge is -2.19. The number of nitrogens with zero attached hydrogens (tertiary/aromatic N) is 1. The number of ether oxygens (including phenoxy) is 1. The van der Waals surface area contributed by atoms with E-state index in [1.54, 1.807) is 26.0 Å². The predicted molar refractivity (Wildman–Crippen MR) is 109 cm³/mol. The number of halogens is 2. The van der Waals surface area contributed by atoms with Gasteiger partial charge in [0.05, 0.1) is 6.04 Å². The highest BCUT2D eigenvalue weighted by atomic mass is 19.3. The Kier molecular flexibility index (Phi) is 6.64. The number of alkyl halides is 2. The van der Waals surface area contributed by atoms with Crippen molar-refractivity contribution in [3.63, 3.8) is 0 Å². The highest BCUT2D eigenvalue weighted by molar-refractivity contribution is 5.97. The van der Waals surface area contributed by atoms with Gasteiger partial charge in [0.15, 0.2) is 0 Å². The molecule has 160 valence electrons. The molecule has 0 aliphatic heterocycles. The summed E-state index contributed by atoms with van der Waals surface area (Å²) < 4.78 is 30.1. The van der Waals surface area contributed by atoms with Crippen molar-refractivity contribution < 1.29 is 23.1 Å². The van der Waals surface area contributed by atoms with Crippen molar-refractivity contribution in [2.75, 3.05) is 11.9 Å². The number of hydrogen-bond donors (Lipinski definition) is 2. The number of hydrogen-bond acceptors (Lipinski definition) is 4. The van der Waals surface area contributed by atoms with Gasteiger partial charge in [0.25, 0.3) is 12.3 Å². The number of carbonyl (C=O) groups excluding carboxylic acids is 2. The number of carbonyl (C=O) groups is 2. The fraction of sp³-hybridized carbons (Fsp3) is 0.409. The van der Waals surface area contributed by atoms with Crippen molar-refractivity contribution in [2.45, 2.75) is 46.1 Å². The van der Waals surface area contributed by atoms with Gasteiger partial charge in [0.2, 0.25) is 5.91 Å². The molecule has 8 heteroatoms. The average Bonchev–Trinajstić information content (AvgIpc) is 3.52. The molecule has 1 saturated carbocycles. The highest BCUT2D eigenvalue weighted by Gasteiger charge is 2.29. The van der Waals surface area contributed by atoms with Crippen molar-refractivity contribution in [3.05, 3.63) is 52.7 Å². The number of amides is 2. The second-order valence-corrected chi connectivity index (χ2v) is 7.57. The summed E-state index contributed by atoms with van der Waals surface area (Å²) in [4.78, 5) is 28.7. The SMILES string of the molecule is Cc1cc(C(C)NC(=O)c2ccnc(NC(=O)C3CC3)c2)cc(C)c1OCC(F)F. The van der Waals surface area contributed by atoms with Crippen LogP contribution < -0.4 is 15.4 Å². The van der Waals surface area contributed by atoms with Crippen LogP contribution >= 0.6 is 0 Å². The van der Waals surface area contributed by atoms with Gasteiger partial charge >= 0.3 is 0 Å². The van der Waals surface area contributed by atoms with Crippen molar-refractivity contribution in [3.8, 4) is 5.75 Å². The van der Waals surface area contributed by atoms with E-state index in [1.807, 2.05) is 19.1 Å². The maximum absolute atomic E-state index is 12.7. The number of benzene rings is 1. The average molecular weight is 417 g/mol. The molecule has 1 unspecified atom stereocenters. The van der Waals surface area contributed by atoms with E-state index in [-0.39, 0.29) is 23.8 Å². The van der Waals surface area contributed by atoms with Crippen LogP contribution in [0.2, 0.25) is 0 Å². The molecule has 2 aromatic rings. The van der Waals surface area contributed by atoms with Crippen LogP contribution in [0.3, 0.4) is 0 Å². The van der Waals surface area contributed by atoms with Crippen LogP contribution in [0.25, 0.3) is 0 Å². The van der Waals surface area contributed by atoms with Gasteiger partial charge in [-0.15, -0.1) is 0 Å². The lowest BCUT2D eigenvalue weighted by Crippen LogP contribution is -2.27. The molecular formula is C22H25F2N3O3. The summed E-state index contributed by atoms with van der Waals surface area (Å²) in [5, 5.41) is 5.64. The van der Waals surface area contributed by atoms with Crippen molar-refractivity contribution >= 4 is 17.6 Å². The van der Waals surface area contributed by atoms with Gasteiger partial charge in [-0.1, -0.05) is 12.1 Å². The lowest BCUT2D eigenvalue weighted by atomic mass is 10.0. The monoisotopic (exact) mass is 417 g/mol. The summed E-state index contributed by atoms with van der Waals surface area (Å²) in [6.07, 6.45) is 0.703. The van der Waals surface area contributed by atoms with Crippen LogP contribution in [-0.4, -0.2) is 29.8 Å². The third-order valence-electron chi connectivity index (χ3n) is 4.91. The molecule has 1 aromatic carbocycles. The van der Waals surface area contributed by atoms with Gasteiger partial charge < -0.3 is 15.4 Å². The standard InChI is InChI=1S/C22H25F2N3O3/c1-12-8-17(9-13(2)20(12)30-11-18(23)24)14(3)26-22(29)16-6-7-25-19(10-16)27-21(28)15-4-5-15/h6-10,14-15,18H,4-5,11H2,1-3H3,(H,26,29)(H,25,27,28). The van der Waals surface area contributed by atoms with Crippen LogP contribution in [0.4, 0.5) is 14.6 Å². The maximum Gasteiger partial charge on any atom is 0.272 e. The van der Waals surface area contributed by atoms with Crippen LogP contribution in [0.1, 0.15) is 52.9 Å². The van der Waals surface area contributed by atoms with E-state index < -0.39 is 13.0 Å². The highest BCUT2D eigenvalue weighted by Crippen LogP contribution is 2.30. The minimum absolute atomic E-state index is 0.0448. The molecule has 0 saturated heterocycles. The molecule has 6 nitrogen and oxygen atoms in total. The lowest BCUT2D eigenvalue weighted by molar-refractivity contribution is -0.117. The van der Waals surface area contributed by atoms with Crippen LogP contribution in [-0.2, 0) is 4.79 Å². The van der Waals surface area contributed by atoms with Gasteiger partial charge in [-0.05, 0) is 62.4 Å². The second kappa shape index (κ2) is 9.19. The Hall–Kier alpha value is -3.03. The summed E-state index contributed by atoms with van der Waals surface area (Å²) in [7, 11) is 0. The van der Waals surface area contributed by atoms with E-state index in [4.69, 9.17) is 4.74 Å². The van der Waals surface area contributed by atoms with Gasteiger partial charge in [-0.3, -0.25) is 9.59 Å². The molecule has 1 aromatic heterocycles. The zero-order chi connectivity index (χ0) is 21.8. The van der Waals surface area contributed by atoms with E-state index >= 15 is 0 Å². The summed E-state index contributed by atoms with van der Waals surface area (Å²) in [5.41, 5.74) is 2.66. The van der Waals surface area contributed by atoms with E-state index in [2.05, 4.69) is 15.6 Å². The first kappa shape index (κ1) is 21.7. The first-order chi connectivity index (χ1) is 14.2. The number of anilines is 1. The Labute approximate surface area is 174 Å². The van der Waals surface area contributed by atoms with Gasteiger partial charge in [0.1, 0.15) is 18.2 Å². The van der Waals surface area contributed by atoms with Crippen molar-refractivity contribution in [1.82, 2.24) is 10.3 Å². The zero-order valence-electron chi connectivity index (χ0n) is 17.2. The molecule has 3 rings (SSSR count). The third kappa shape index (κ3) is 5.52. The maximum atomic E-state index is 12.7. The van der Waals surface area contributed by atoms with Gasteiger partial charge in [0, 0.05) is 17.7 Å². The largest absolute Gasteiger partial charge is 0.487 e. The number of nitrogens with one attached hydrogen (secondary N) is 2. The molecule has 1 atom stereocenters. The van der Waals surface area contributed by atoms with Crippen molar-refractivity contribution in [2.24, 2.45) is 5.92 Å². The molecule has 0 bridgehead atoms. The Balaban J connectivity index is 1.67. The molecule has 1 aliphatic carbocycles. The number of rotatable bonds is 8. The third-order valence-corrected chi connectivity index (χ3v) is 4.91. The first-order valence-corrected chi connectivity index (χ1v) is 9.84. The molecule has 1 heterocycles. The van der Waals surface area contributed by atoms with Gasteiger partial charge in [-0.2, -0.15) is 0 Å². The topological polar surface area (TPSA) is 80.3 Å². The van der Waals surface area contributed by atoms with Crippen LogP contribution in [0.5, 0.6) is 5.75 Å². The summed E-state index contributed by atoms with van der Waals surface area (Å²) in [6, 6.07) is 6.42. The Morgan fingerprint density at radius 1 is 1.20 bits per heavy atom. The predicted octanol–water partition coefficient (Wildman–Crippen LogP) is 4.18. The molecule has 0 spiro atoms. The van der Waals surface area contributed by atoms with Gasteiger partial charge in [-0.25, -0.2) is 13.8 Å². The first-order valence-electron chi connectivity index (χ1n) is 9.84. The van der Waals surface area contributed by atoms with E-state index in [0.29, 0.717) is 17.1 Å². The number of aromatic nitrogens is 1. The van der Waals surface area contributed by atoms with E-state index in [1.165, 1.54) is 6.20 Å². The second-order valence-electron chi connectivity index (χ2n) is 7.57. The molecule has 30 heavy (non-hydrogen) atoms. The van der Waals surface area contributed by atoms with E-state index in [0.717, 1.165) is 29.5 Å². The fourth-order valence-electron chi connectivity index (χ4n) is 3.19. The summed E-state index contributed by atoms with van der Waals surface area (Å²) in [5.74, 6) is 0.444. The minimum Gasteiger partial charge on any atom is -0.487 e. The molecule has 2 N–H and O–H groups in total. The Morgan fingerprint density at radius 3 is 2.47 bits per heavy atom. The van der Waals surface area contributed by atoms with Crippen LogP contribution in [0.15, 0.2) is 30.5 Å². The quantitative estimate of drug-likeness (QED) is 0.675. The molecular weight excluding hydrogens is 392 g/mol. The van der Waals surface area contributed by atoms with Crippen LogP contribution in [0, 0.1) is 19.8 Å². The van der Waals surface area contributed by atoms with Crippen molar-refractivity contribution in [1.29, 1.82) is 0 Å². The summed E-state index contributed by atoms with van der Waals surface area (Å²) in [6.45, 7) is 4.74. The van der Waals surface area contributed by atoms with E-state index in [9.17, 15) is 18.4 Å². The Morgan fingerprint density at radius 2 is 1.87 bits per heavy atom. The summed E-state index contributed by atoms with van der Waals surface area (Å²) >= 11 is 0. The molecule has 1 aliphatic rings. The number of pyridine rings is 1. The fourth-order valence-corrected chi connectivity index (χ4v) is 3.19. The molecule has 2 amide bonds. The molecule has 1 fully saturated rings.